The van der Waals surface area contributed by atoms with Gasteiger partial charge in [-0.05, 0) is 30.5 Å². The van der Waals surface area contributed by atoms with Crippen molar-refractivity contribution in [2.45, 2.75) is 45.6 Å². The number of carbonyl (C=O) groups excluding carboxylic acids is 1. The van der Waals surface area contributed by atoms with E-state index in [4.69, 9.17) is 19.8 Å². The maximum Gasteiger partial charge on any atom is 0.248 e. The van der Waals surface area contributed by atoms with Gasteiger partial charge in [0.15, 0.2) is 5.65 Å². The number of fused-ring (bicyclic) bond motifs is 1. The largest absolute Gasteiger partial charge is 0.367 e. The number of benzene rings is 2. The third kappa shape index (κ3) is 5.86. The summed E-state index contributed by atoms with van der Waals surface area (Å²) in [5.41, 5.74) is 2.87. The molecular formula is C30H36N6O2. The molecule has 0 N–H and O–H groups in total. The Bertz CT molecular complexity index is 1340. The molecule has 0 spiro atoms. The summed E-state index contributed by atoms with van der Waals surface area (Å²) in [6.45, 7) is 7.77. The van der Waals surface area contributed by atoms with Gasteiger partial charge >= 0.3 is 0 Å². The summed E-state index contributed by atoms with van der Waals surface area (Å²) >= 11 is 0. The van der Waals surface area contributed by atoms with Crippen LogP contribution in [-0.2, 0) is 16.1 Å². The Kier molecular flexibility index (Phi) is 8.28. The van der Waals surface area contributed by atoms with Crippen molar-refractivity contribution in [2.75, 3.05) is 37.7 Å². The van der Waals surface area contributed by atoms with Crippen molar-refractivity contribution in [3.05, 3.63) is 78.2 Å². The lowest BCUT2D eigenvalue weighted by Gasteiger charge is -2.24. The molecule has 1 saturated heterocycles. The fraction of sp³-hybridized carbons (Fsp3) is 0.400. The van der Waals surface area contributed by atoms with E-state index in [1.807, 2.05) is 76.4 Å². The molecule has 8 heteroatoms. The average Bonchev–Trinajstić information content (AvgIpc) is 3.22. The maximum atomic E-state index is 12.9. The van der Waals surface area contributed by atoms with Crippen LogP contribution >= 0.6 is 0 Å². The Morgan fingerprint density at radius 2 is 1.74 bits per heavy atom. The molecule has 1 aliphatic rings. The highest BCUT2D eigenvalue weighted by molar-refractivity contribution is 5.88. The molecule has 5 rings (SSSR count). The molecule has 8 nitrogen and oxygen atoms in total. The molecule has 38 heavy (non-hydrogen) atoms. The van der Waals surface area contributed by atoms with Gasteiger partial charge in [0.25, 0.3) is 0 Å². The Labute approximate surface area is 224 Å². The van der Waals surface area contributed by atoms with Crippen LogP contribution in [0, 0.1) is 0 Å². The number of amides is 1. The normalized spacial score (nSPS) is 15.0. The summed E-state index contributed by atoms with van der Waals surface area (Å²) in [6, 6.07) is 20.0. The van der Waals surface area contributed by atoms with Crippen LogP contribution in [-0.4, -0.2) is 63.3 Å². The fourth-order valence-corrected chi connectivity index (χ4v) is 4.99. The number of aromatic nitrogens is 4. The molecule has 1 atom stereocenters. The van der Waals surface area contributed by atoms with E-state index in [2.05, 4.69) is 18.7 Å². The molecule has 0 radical (unpaired) electrons. The van der Waals surface area contributed by atoms with E-state index in [-0.39, 0.29) is 18.4 Å². The molecule has 0 bridgehead atoms. The standard InChI is InChI=1S/C30H36N6O2/c1-3-11-23(2)28-32-29(26-20-31-36(30(26)33-28)25-14-8-5-9-15-25)35-17-10-16-34(18-19-35)27(37)22-38-21-24-12-6-4-7-13-24/h4-9,12-15,20,23H,3,10-11,16-19,21-22H2,1-2H3/t23-/m1/s1. The van der Waals surface area contributed by atoms with Gasteiger partial charge in [0, 0.05) is 32.1 Å². The molecular weight excluding hydrogens is 476 g/mol. The van der Waals surface area contributed by atoms with Gasteiger partial charge in [-0.15, -0.1) is 0 Å². The van der Waals surface area contributed by atoms with E-state index in [0.717, 1.165) is 59.7 Å². The van der Waals surface area contributed by atoms with Gasteiger partial charge in [-0.1, -0.05) is 68.8 Å². The topological polar surface area (TPSA) is 76.4 Å². The molecule has 3 heterocycles. The summed E-state index contributed by atoms with van der Waals surface area (Å²) < 4.78 is 7.62. The van der Waals surface area contributed by atoms with E-state index < -0.39 is 0 Å². The first kappa shape index (κ1) is 25.9. The van der Waals surface area contributed by atoms with Crippen molar-refractivity contribution in [3.8, 4) is 5.69 Å². The van der Waals surface area contributed by atoms with Crippen molar-refractivity contribution >= 4 is 22.8 Å². The smallest absolute Gasteiger partial charge is 0.248 e. The predicted molar refractivity (Wildman–Crippen MR) is 149 cm³/mol. The number of ether oxygens (including phenoxy) is 1. The third-order valence-electron chi connectivity index (χ3n) is 7.07. The van der Waals surface area contributed by atoms with Crippen LogP contribution in [0.4, 0.5) is 5.82 Å². The molecule has 1 fully saturated rings. The van der Waals surface area contributed by atoms with E-state index in [1.165, 1.54) is 0 Å². The highest BCUT2D eigenvalue weighted by Crippen LogP contribution is 2.29. The zero-order chi connectivity index (χ0) is 26.3. The van der Waals surface area contributed by atoms with E-state index in [9.17, 15) is 4.79 Å². The monoisotopic (exact) mass is 512 g/mol. The van der Waals surface area contributed by atoms with Crippen LogP contribution < -0.4 is 4.90 Å². The number of nitrogens with zero attached hydrogens (tertiary/aromatic N) is 6. The lowest BCUT2D eigenvalue weighted by molar-refractivity contribution is -0.136. The third-order valence-corrected chi connectivity index (χ3v) is 7.07. The van der Waals surface area contributed by atoms with E-state index in [0.29, 0.717) is 26.2 Å². The van der Waals surface area contributed by atoms with Gasteiger partial charge in [-0.2, -0.15) is 5.10 Å². The number of anilines is 1. The molecule has 0 aliphatic carbocycles. The number of carbonyl (C=O) groups is 1. The number of para-hydroxylation sites is 1. The lowest BCUT2D eigenvalue weighted by atomic mass is 10.1. The summed E-state index contributed by atoms with van der Waals surface area (Å²) in [6.07, 6.45) is 4.83. The second kappa shape index (κ2) is 12.2. The molecule has 2 aromatic carbocycles. The summed E-state index contributed by atoms with van der Waals surface area (Å²) in [5, 5.41) is 5.64. The van der Waals surface area contributed by atoms with Gasteiger partial charge in [0.05, 0.1) is 23.9 Å². The second-order valence-corrected chi connectivity index (χ2v) is 9.92. The second-order valence-electron chi connectivity index (χ2n) is 9.92. The van der Waals surface area contributed by atoms with E-state index in [1.54, 1.807) is 0 Å². The van der Waals surface area contributed by atoms with Gasteiger partial charge in [0.2, 0.25) is 5.91 Å². The Morgan fingerprint density at radius 3 is 2.50 bits per heavy atom. The summed E-state index contributed by atoms with van der Waals surface area (Å²) in [7, 11) is 0. The van der Waals surface area contributed by atoms with E-state index >= 15 is 0 Å². The van der Waals surface area contributed by atoms with Crippen LogP contribution in [0.25, 0.3) is 16.7 Å². The zero-order valence-electron chi connectivity index (χ0n) is 22.3. The van der Waals surface area contributed by atoms with Gasteiger partial charge in [-0.25, -0.2) is 14.6 Å². The number of hydrogen-bond acceptors (Lipinski definition) is 6. The zero-order valence-corrected chi connectivity index (χ0v) is 22.3. The van der Waals surface area contributed by atoms with Crippen LogP contribution in [0.15, 0.2) is 66.9 Å². The minimum atomic E-state index is 0.0322. The van der Waals surface area contributed by atoms with Crippen LogP contribution in [0.2, 0.25) is 0 Å². The first-order chi connectivity index (χ1) is 18.6. The molecule has 4 aromatic rings. The molecule has 2 aromatic heterocycles. The Balaban J connectivity index is 1.34. The fourth-order valence-electron chi connectivity index (χ4n) is 4.99. The summed E-state index contributed by atoms with van der Waals surface area (Å²) in [5.74, 6) is 2.03. The highest BCUT2D eigenvalue weighted by atomic mass is 16.5. The van der Waals surface area contributed by atoms with Crippen LogP contribution in [0.3, 0.4) is 0 Å². The van der Waals surface area contributed by atoms with Crippen molar-refractivity contribution in [2.24, 2.45) is 0 Å². The SMILES string of the molecule is CCC[C@@H](C)c1nc(N2CCCN(C(=O)COCc3ccccc3)CC2)c2cnn(-c3ccccc3)c2n1. The molecule has 1 amide bonds. The Morgan fingerprint density at radius 1 is 0.974 bits per heavy atom. The van der Waals surface area contributed by atoms with Crippen molar-refractivity contribution in [1.82, 2.24) is 24.6 Å². The predicted octanol–water partition coefficient (Wildman–Crippen LogP) is 4.97. The molecule has 1 aliphatic heterocycles. The first-order valence-electron chi connectivity index (χ1n) is 13.6. The van der Waals surface area contributed by atoms with Gasteiger partial charge in [-0.3, -0.25) is 4.79 Å². The maximum absolute atomic E-state index is 12.9. The van der Waals surface area contributed by atoms with Crippen molar-refractivity contribution < 1.29 is 9.53 Å². The highest BCUT2D eigenvalue weighted by Gasteiger charge is 2.24. The minimum Gasteiger partial charge on any atom is -0.367 e. The minimum absolute atomic E-state index is 0.0322. The quantitative estimate of drug-likeness (QED) is 0.315. The molecule has 0 unspecified atom stereocenters. The van der Waals surface area contributed by atoms with Gasteiger partial charge < -0.3 is 14.5 Å². The number of hydrogen-bond donors (Lipinski definition) is 0. The molecule has 0 saturated carbocycles. The first-order valence-corrected chi connectivity index (χ1v) is 13.6. The summed E-state index contributed by atoms with van der Waals surface area (Å²) in [4.78, 5) is 27.2. The number of rotatable bonds is 9. The average molecular weight is 513 g/mol. The van der Waals surface area contributed by atoms with Crippen molar-refractivity contribution in [1.29, 1.82) is 0 Å². The Hall–Kier alpha value is -3.78. The molecule has 198 valence electrons. The van der Waals surface area contributed by atoms with Crippen molar-refractivity contribution in [3.63, 3.8) is 0 Å². The van der Waals surface area contributed by atoms with Gasteiger partial charge in [0.1, 0.15) is 18.2 Å². The van der Waals surface area contributed by atoms with Crippen LogP contribution in [0.5, 0.6) is 0 Å². The lowest BCUT2D eigenvalue weighted by Crippen LogP contribution is -2.37. The van der Waals surface area contributed by atoms with Crippen LogP contribution in [0.1, 0.15) is 50.4 Å².